The predicted octanol–water partition coefficient (Wildman–Crippen LogP) is 4.99. The summed E-state index contributed by atoms with van der Waals surface area (Å²) < 4.78 is 10.7. The highest BCUT2D eigenvalue weighted by Gasteiger charge is 2.29. The van der Waals surface area contributed by atoms with Crippen LogP contribution in [0.5, 0.6) is 5.75 Å². The van der Waals surface area contributed by atoms with Crippen molar-refractivity contribution in [2.45, 2.75) is 40.0 Å². The monoisotopic (exact) mass is 438 g/mol. The first-order chi connectivity index (χ1) is 15.0. The maximum atomic E-state index is 12.9. The van der Waals surface area contributed by atoms with Crippen LogP contribution in [0.4, 0.5) is 5.00 Å². The summed E-state index contributed by atoms with van der Waals surface area (Å²) in [5.74, 6) is 0.270. The zero-order chi connectivity index (χ0) is 22.4. The average Bonchev–Trinajstić information content (AvgIpc) is 3.10. The minimum absolute atomic E-state index is 0.0429. The van der Waals surface area contributed by atoms with Crippen molar-refractivity contribution in [2.24, 2.45) is 5.92 Å². The fourth-order valence-corrected chi connectivity index (χ4v) is 4.96. The molecule has 7 heteroatoms. The molecule has 0 fully saturated rings. The maximum absolute atomic E-state index is 12.9. The number of nitrogens with one attached hydrogen (secondary N) is 1. The van der Waals surface area contributed by atoms with Gasteiger partial charge in [0, 0.05) is 4.88 Å². The van der Waals surface area contributed by atoms with Crippen LogP contribution in [0.15, 0.2) is 29.8 Å². The van der Waals surface area contributed by atoms with E-state index in [4.69, 9.17) is 9.47 Å². The number of thiophene rings is 1. The van der Waals surface area contributed by atoms with Gasteiger partial charge in [-0.25, -0.2) is 4.79 Å². The normalized spacial score (nSPS) is 15.5. The van der Waals surface area contributed by atoms with Crippen LogP contribution in [0.25, 0.3) is 6.08 Å². The van der Waals surface area contributed by atoms with Crippen molar-refractivity contribution < 1.29 is 19.1 Å². The molecule has 162 valence electrons. The first-order valence-corrected chi connectivity index (χ1v) is 11.3. The van der Waals surface area contributed by atoms with Gasteiger partial charge in [-0.3, -0.25) is 4.79 Å². The van der Waals surface area contributed by atoms with Crippen LogP contribution in [0.3, 0.4) is 0 Å². The summed E-state index contributed by atoms with van der Waals surface area (Å²) in [7, 11) is 0. The summed E-state index contributed by atoms with van der Waals surface area (Å²) >= 11 is 1.40. The number of nitrogens with zero attached hydrogens (tertiary/aromatic N) is 1. The molecular formula is C24H26N2O4S. The summed E-state index contributed by atoms with van der Waals surface area (Å²) in [4.78, 5) is 26.6. The first-order valence-electron chi connectivity index (χ1n) is 10.4. The number of amides is 1. The lowest BCUT2D eigenvalue weighted by Gasteiger charge is -2.18. The van der Waals surface area contributed by atoms with Crippen molar-refractivity contribution in [1.29, 1.82) is 5.26 Å². The molecule has 0 saturated heterocycles. The van der Waals surface area contributed by atoms with Gasteiger partial charge in [0.15, 0.2) is 0 Å². The van der Waals surface area contributed by atoms with E-state index in [2.05, 4.69) is 12.2 Å². The molecule has 0 radical (unpaired) electrons. The summed E-state index contributed by atoms with van der Waals surface area (Å²) in [5, 5.41) is 12.8. The second-order valence-electron chi connectivity index (χ2n) is 7.40. The minimum Gasteiger partial charge on any atom is -0.494 e. The molecule has 1 heterocycles. The molecule has 3 rings (SSSR count). The SMILES string of the molecule is CCOC(=O)c1c(NC(=O)/C(C#N)=C/c2ccc(OCC)cc2)sc2c1CCC(C)C2. The summed E-state index contributed by atoms with van der Waals surface area (Å²) in [6.07, 6.45) is 4.16. The van der Waals surface area contributed by atoms with Gasteiger partial charge >= 0.3 is 5.97 Å². The van der Waals surface area contributed by atoms with Crippen LogP contribution in [-0.4, -0.2) is 25.1 Å². The predicted molar refractivity (Wildman–Crippen MR) is 121 cm³/mol. The third-order valence-corrected chi connectivity index (χ3v) is 6.26. The van der Waals surface area contributed by atoms with Crippen LogP contribution in [-0.2, 0) is 22.4 Å². The van der Waals surface area contributed by atoms with Gasteiger partial charge in [0.1, 0.15) is 22.4 Å². The molecule has 1 aromatic carbocycles. The van der Waals surface area contributed by atoms with E-state index in [9.17, 15) is 14.9 Å². The van der Waals surface area contributed by atoms with Crippen molar-refractivity contribution in [1.82, 2.24) is 0 Å². The van der Waals surface area contributed by atoms with Gasteiger partial charge in [0.2, 0.25) is 0 Å². The van der Waals surface area contributed by atoms with E-state index in [0.29, 0.717) is 28.7 Å². The van der Waals surface area contributed by atoms with Gasteiger partial charge in [-0.1, -0.05) is 19.1 Å². The van der Waals surface area contributed by atoms with Crippen LogP contribution in [0.1, 0.15) is 53.6 Å². The number of carbonyl (C=O) groups excluding carboxylic acids is 2. The molecule has 2 aromatic rings. The molecule has 1 N–H and O–H groups in total. The first kappa shape index (κ1) is 22.6. The highest BCUT2D eigenvalue weighted by atomic mass is 32.1. The Bertz CT molecular complexity index is 1030. The van der Waals surface area contributed by atoms with Crippen molar-refractivity contribution in [3.63, 3.8) is 0 Å². The third kappa shape index (κ3) is 5.33. The van der Waals surface area contributed by atoms with Gasteiger partial charge in [-0.15, -0.1) is 11.3 Å². The topological polar surface area (TPSA) is 88.4 Å². The Labute approximate surface area is 186 Å². The zero-order valence-corrected chi connectivity index (χ0v) is 18.8. The molecule has 1 aliphatic carbocycles. The summed E-state index contributed by atoms with van der Waals surface area (Å²) in [6, 6.07) is 9.10. The molecule has 1 atom stereocenters. The largest absolute Gasteiger partial charge is 0.494 e. The number of rotatable bonds is 7. The number of nitriles is 1. The number of benzene rings is 1. The molecule has 1 amide bonds. The highest BCUT2D eigenvalue weighted by molar-refractivity contribution is 7.17. The molecule has 31 heavy (non-hydrogen) atoms. The second kappa shape index (κ2) is 10.3. The Hall–Kier alpha value is -3.11. The van der Waals surface area contributed by atoms with Gasteiger partial charge < -0.3 is 14.8 Å². The van der Waals surface area contributed by atoms with Crippen molar-refractivity contribution in [3.8, 4) is 11.8 Å². The highest BCUT2D eigenvalue weighted by Crippen LogP contribution is 2.40. The number of fused-ring (bicyclic) bond motifs is 1. The van der Waals surface area contributed by atoms with Crippen molar-refractivity contribution in [3.05, 3.63) is 51.4 Å². The van der Waals surface area contributed by atoms with E-state index in [1.54, 1.807) is 31.2 Å². The fraction of sp³-hybridized carbons (Fsp3) is 0.375. The molecule has 1 aliphatic rings. The maximum Gasteiger partial charge on any atom is 0.341 e. The number of anilines is 1. The van der Waals surface area contributed by atoms with Crippen LogP contribution < -0.4 is 10.1 Å². The lowest BCUT2D eigenvalue weighted by atomic mass is 9.88. The Morgan fingerprint density at radius 3 is 2.65 bits per heavy atom. The quantitative estimate of drug-likeness (QED) is 0.374. The summed E-state index contributed by atoms with van der Waals surface area (Å²) in [5.41, 5.74) is 2.06. The lowest BCUT2D eigenvalue weighted by Crippen LogP contribution is -2.17. The average molecular weight is 439 g/mol. The molecule has 6 nitrogen and oxygen atoms in total. The van der Waals surface area contributed by atoms with E-state index < -0.39 is 11.9 Å². The standard InChI is InChI=1S/C24H26N2O4S/c1-4-29-18-9-7-16(8-10-18)13-17(14-25)22(27)26-23-21(24(28)30-5-2)19-11-6-15(3)12-20(19)31-23/h7-10,13,15H,4-6,11-12H2,1-3H3,(H,26,27)/b17-13+. The van der Waals surface area contributed by atoms with E-state index in [0.717, 1.165) is 35.5 Å². The smallest absolute Gasteiger partial charge is 0.341 e. The van der Waals surface area contributed by atoms with Crippen LogP contribution in [0.2, 0.25) is 0 Å². The summed E-state index contributed by atoms with van der Waals surface area (Å²) in [6.45, 7) is 6.66. The molecule has 1 aromatic heterocycles. The van der Waals surface area contributed by atoms with Gasteiger partial charge in [0.05, 0.1) is 18.8 Å². The van der Waals surface area contributed by atoms with E-state index in [-0.39, 0.29) is 12.2 Å². The van der Waals surface area contributed by atoms with Gasteiger partial charge in [-0.2, -0.15) is 5.26 Å². The Morgan fingerprint density at radius 1 is 1.26 bits per heavy atom. The molecule has 0 saturated carbocycles. The Morgan fingerprint density at radius 2 is 2.00 bits per heavy atom. The van der Waals surface area contributed by atoms with E-state index >= 15 is 0 Å². The van der Waals surface area contributed by atoms with E-state index in [1.807, 2.05) is 13.0 Å². The number of hydrogen-bond donors (Lipinski definition) is 1. The van der Waals surface area contributed by atoms with Gasteiger partial charge in [-0.05, 0) is 68.4 Å². The number of carbonyl (C=O) groups is 2. The molecule has 0 bridgehead atoms. The molecule has 0 aliphatic heterocycles. The van der Waals surface area contributed by atoms with Crippen molar-refractivity contribution in [2.75, 3.05) is 18.5 Å². The fourth-order valence-electron chi connectivity index (χ4n) is 3.57. The third-order valence-electron chi connectivity index (χ3n) is 5.09. The van der Waals surface area contributed by atoms with Crippen molar-refractivity contribution >= 4 is 34.3 Å². The van der Waals surface area contributed by atoms with E-state index in [1.165, 1.54) is 17.4 Å². The van der Waals surface area contributed by atoms with Crippen LogP contribution in [0, 0.1) is 17.2 Å². The molecule has 1 unspecified atom stereocenters. The molecular weight excluding hydrogens is 412 g/mol. The zero-order valence-electron chi connectivity index (χ0n) is 18.0. The van der Waals surface area contributed by atoms with Gasteiger partial charge in [0.25, 0.3) is 5.91 Å². The Balaban J connectivity index is 1.87. The minimum atomic E-state index is -0.548. The molecule has 0 spiro atoms. The number of ether oxygens (including phenoxy) is 2. The lowest BCUT2D eigenvalue weighted by molar-refractivity contribution is -0.112. The number of esters is 1. The number of hydrogen-bond acceptors (Lipinski definition) is 6. The van der Waals surface area contributed by atoms with Crippen LogP contribution >= 0.6 is 11.3 Å². The Kier molecular flexibility index (Phi) is 7.48. The second-order valence-corrected chi connectivity index (χ2v) is 8.51.